The maximum atomic E-state index is 12.9. The number of ether oxygens (including phenoxy) is 3. The monoisotopic (exact) mass is 471 g/mol. The van der Waals surface area contributed by atoms with Crippen LogP contribution in [-0.2, 0) is 11.2 Å². The Labute approximate surface area is 202 Å². The molecule has 35 heavy (non-hydrogen) atoms. The summed E-state index contributed by atoms with van der Waals surface area (Å²) in [7, 11) is 6.23. The van der Waals surface area contributed by atoms with Crippen molar-refractivity contribution >= 4 is 28.6 Å². The Bertz CT molecular complexity index is 1400. The minimum Gasteiger partial charge on any atom is -0.493 e. The van der Waals surface area contributed by atoms with E-state index in [1.54, 1.807) is 45.5 Å². The zero-order chi connectivity index (χ0) is 24.9. The lowest BCUT2D eigenvalue weighted by atomic mass is 9.98. The molecule has 0 atom stereocenters. The van der Waals surface area contributed by atoms with E-state index in [0.29, 0.717) is 39.8 Å². The summed E-state index contributed by atoms with van der Waals surface area (Å²) in [5.74, 6) is 1.11. The summed E-state index contributed by atoms with van der Waals surface area (Å²) in [4.78, 5) is 33.8. The van der Waals surface area contributed by atoms with Crippen LogP contribution in [0.15, 0.2) is 60.7 Å². The van der Waals surface area contributed by atoms with Gasteiger partial charge in [-0.15, -0.1) is 0 Å². The van der Waals surface area contributed by atoms with E-state index in [4.69, 9.17) is 14.2 Å². The van der Waals surface area contributed by atoms with Crippen LogP contribution in [-0.4, -0.2) is 50.1 Å². The molecule has 8 nitrogen and oxygen atoms in total. The fourth-order valence-corrected chi connectivity index (χ4v) is 3.81. The Morgan fingerprint density at radius 1 is 0.857 bits per heavy atom. The van der Waals surface area contributed by atoms with Crippen molar-refractivity contribution in [2.24, 2.45) is 0 Å². The van der Waals surface area contributed by atoms with Gasteiger partial charge in [0.15, 0.2) is 17.3 Å². The normalized spacial score (nSPS) is 10.6. The molecular formula is C27H25N3O5. The highest BCUT2D eigenvalue weighted by molar-refractivity contribution is 5.99. The largest absolute Gasteiger partial charge is 0.493 e. The van der Waals surface area contributed by atoms with Crippen molar-refractivity contribution in [1.82, 2.24) is 9.97 Å². The number of aromatic nitrogens is 2. The quantitative estimate of drug-likeness (QED) is 0.295. The van der Waals surface area contributed by atoms with Gasteiger partial charge >= 0.3 is 5.97 Å². The number of methoxy groups -OCH3 is 3. The second kappa shape index (κ2) is 10.2. The molecule has 4 aromatic rings. The maximum Gasteiger partial charge on any atom is 0.337 e. The zero-order valence-corrected chi connectivity index (χ0v) is 19.9. The molecule has 0 fully saturated rings. The summed E-state index contributed by atoms with van der Waals surface area (Å²) in [5, 5.41) is 3.79. The van der Waals surface area contributed by atoms with Crippen LogP contribution < -0.4 is 14.8 Å². The van der Waals surface area contributed by atoms with E-state index in [9.17, 15) is 9.59 Å². The van der Waals surface area contributed by atoms with Crippen molar-refractivity contribution in [3.63, 3.8) is 0 Å². The Hall–Kier alpha value is -4.46. The van der Waals surface area contributed by atoms with Crippen molar-refractivity contribution in [1.29, 1.82) is 0 Å². The third-order valence-corrected chi connectivity index (χ3v) is 5.62. The van der Waals surface area contributed by atoms with Gasteiger partial charge in [0.05, 0.1) is 38.1 Å². The standard InChI is InChI=1S/C27H25N3O5/c1-28-27-29-21-15-24(34-3)23(33-2)14-20(21)25(30-27)19-7-5-6-16(12-19)13-22(31)17-8-10-18(11-9-17)26(32)35-4/h5-12,14-15H,13H2,1-4H3,(H,28,29,30). The topological polar surface area (TPSA) is 99.6 Å². The predicted molar refractivity (Wildman–Crippen MR) is 133 cm³/mol. The van der Waals surface area contributed by atoms with Crippen molar-refractivity contribution in [3.8, 4) is 22.8 Å². The third kappa shape index (κ3) is 4.91. The van der Waals surface area contributed by atoms with Gasteiger partial charge in [0.25, 0.3) is 0 Å². The molecule has 0 aliphatic rings. The molecule has 0 spiro atoms. The van der Waals surface area contributed by atoms with Crippen LogP contribution in [0.4, 0.5) is 5.95 Å². The second-order valence-corrected chi connectivity index (χ2v) is 7.74. The van der Waals surface area contributed by atoms with E-state index in [0.717, 1.165) is 16.5 Å². The zero-order valence-electron chi connectivity index (χ0n) is 19.9. The summed E-state index contributed by atoms with van der Waals surface area (Å²) < 4.78 is 15.6. The minimum atomic E-state index is -0.441. The van der Waals surface area contributed by atoms with Gasteiger partial charge in [0.1, 0.15) is 0 Å². The van der Waals surface area contributed by atoms with Gasteiger partial charge < -0.3 is 19.5 Å². The molecule has 3 aromatic carbocycles. The van der Waals surface area contributed by atoms with Crippen molar-refractivity contribution in [2.45, 2.75) is 6.42 Å². The second-order valence-electron chi connectivity index (χ2n) is 7.74. The number of nitrogens with zero attached hydrogens (tertiary/aromatic N) is 2. The number of ketones is 1. The molecule has 0 aliphatic heterocycles. The summed E-state index contributed by atoms with van der Waals surface area (Å²) in [5.41, 5.74) is 4.00. The highest BCUT2D eigenvalue weighted by Crippen LogP contribution is 2.36. The third-order valence-electron chi connectivity index (χ3n) is 5.62. The van der Waals surface area contributed by atoms with E-state index in [1.807, 2.05) is 36.4 Å². The summed E-state index contributed by atoms with van der Waals surface area (Å²) in [6, 6.07) is 17.8. The van der Waals surface area contributed by atoms with Crippen LogP contribution in [0.1, 0.15) is 26.3 Å². The molecule has 0 aliphatic carbocycles. The molecule has 4 rings (SSSR count). The van der Waals surface area contributed by atoms with Crippen LogP contribution >= 0.6 is 0 Å². The van der Waals surface area contributed by atoms with Crippen LogP contribution in [0, 0.1) is 0 Å². The number of esters is 1. The predicted octanol–water partition coefficient (Wildman–Crippen LogP) is 4.57. The Morgan fingerprint density at radius 2 is 1.54 bits per heavy atom. The maximum absolute atomic E-state index is 12.9. The molecule has 0 unspecified atom stereocenters. The van der Waals surface area contributed by atoms with Gasteiger partial charge in [0.2, 0.25) is 5.95 Å². The van der Waals surface area contributed by atoms with E-state index >= 15 is 0 Å². The molecule has 0 saturated heterocycles. The Morgan fingerprint density at radius 3 is 2.20 bits per heavy atom. The van der Waals surface area contributed by atoms with Crippen LogP contribution in [0.5, 0.6) is 11.5 Å². The summed E-state index contributed by atoms with van der Waals surface area (Å²) >= 11 is 0. The number of nitrogens with one attached hydrogen (secondary N) is 1. The Kier molecular flexibility index (Phi) is 6.91. The van der Waals surface area contributed by atoms with Gasteiger partial charge in [-0.3, -0.25) is 4.79 Å². The molecule has 8 heteroatoms. The van der Waals surface area contributed by atoms with E-state index in [-0.39, 0.29) is 12.2 Å². The van der Waals surface area contributed by atoms with Gasteiger partial charge in [-0.25, -0.2) is 14.8 Å². The van der Waals surface area contributed by atoms with E-state index in [2.05, 4.69) is 15.3 Å². The first kappa shape index (κ1) is 23.7. The molecule has 0 bridgehead atoms. The highest BCUT2D eigenvalue weighted by Gasteiger charge is 2.16. The number of fused-ring (bicyclic) bond motifs is 1. The lowest BCUT2D eigenvalue weighted by Crippen LogP contribution is -2.06. The number of hydrogen-bond acceptors (Lipinski definition) is 8. The number of benzene rings is 3. The number of rotatable bonds is 8. The van der Waals surface area contributed by atoms with Gasteiger partial charge in [0, 0.05) is 36.0 Å². The molecule has 1 aromatic heterocycles. The number of carbonyl (C=O) groups excluding carboxylic acids is 2. The average molecular weight is 472 g/mol. The lowest BCUT2D eigenvalue weighted by Gasteiger charge is -2.13. The molecule has 1 N–H and O–H groups in total. The molecule has 0 amide bonds. The van der Waals surface area contributed by atoms with Crippen LogP contribution in [0.2, 0.25) is 0 Å². The highest BCUT2D eigenvalue weighted by atomic mass is 16.5. The van der Waals surface area contributed by atoms with Crippen LogP contribution in [0.3, 0.4) is 0 Å². The molecule has 1 heterocycles. The molecule has 0 saturated carbocycles. The number of Topliss-reactive ketones (excluding diaryl/α,β-unsaturated/α-hetero) is 1. The average Bonchev–Trinajstić information content (AvgIpc) is 2.91. The van der Waals surface area contributed by atoms with Crippen LogP contribution in [0.25, 0.3) is 22.2 Å². The minimum absolute atomic E-state index is 0.0616. The number of hydrogen-bond donors (Lipinski definition) is 1. The Balaban J connectivity index is 1.69. The first-order chi connectivity index (χ1) is 17.0. The molecule has 178 valence electrons. The van der Waals surface area contributed by atoms with Crippen molar-refractivity contribution in [3.05, 3.63) is 77.4 Å². The fraction of sp³-hybridized carbons (Fsp3) is 0.185. The van der Waals surface area contributed by atoms with Gasteiger partial charge in [-0.05, 0) is 29.8 Å². The summed E-state index contributed by atoms with van der Waals surface area (Å²) in [6.45, 7) is 0. The SMILES string of the molecule is CNc1nc(-c2cccc(CC(=O)c3ccc(C(=O)OC)cc3)c2)c2cc(OC)c(OC)cc2n1. The van der Waals surface area contributed by atoms with Gasteiger partial charge in [-0.1, -0.05) is 30.3 Å². The van der Waals surface area contributed by atoms with E-state index < -0.39 is 5.97 Å². The summed E-state index contributed by atoms with van der Waals surface area (Å²) in [6.07, 6.45) is 0.199. The number of carbonyl (C=O) groups is 2. The first-order valence-corrected chi connectivity index (χ1v) is 10.9. The van der Waals surface area contributed by atoms with Crippen molar-refractivity contribution in [2.75, 3.05) is 33.7 Å². The van der Waals surface area contributed by atoms with Crippen molar-refractivity contribution < 1.29 is 23.8 Å². The van der Waals surface area contributed by atoms with E-state index in [1.165, 1.54) is 7.11 Å². The fourth-order valence-electron chi connectivity index (χ4n) is 3.81. The number of anilines is 1. The molecular weight excluding hydrogens is 446 g/mol. The smallest absolute Gasteiger partial charge is 0.337 e. The molecule has 0 radical (unpaired) electrons. The lowest BCUT2D eigenvalue weighted by molar-refractivity contribution is 0.0600. The first-order valence-electron chi connectivity index (χ1n) is 10.9. The van der Waals surface area contributed by atoms with Gasteiger partial charge in [-0.2, -0.15) is 0 Å².